The van der Waals surface area contributed by atoms with Gasteiger partial charge in [0.2, 0.25) is 5.78 Å². The molecule has 0 unspecified atom stereocenters. The van der Waals surface area contributed by atoms with Crippen LogP contribution in [0.25, 0.3) is 0 Å². The summed E-state index contributed by atoms with van der Waals surface area (Å²) in [7, 11) is 5.95. The van der Waals surface area contributed by atoms with Crippen molar-refractivity contribution in [1.29, 1.82) is 5.26 Å². The van der Waals surface area contributed by atoms with Gasteiger partial charge in [-0.2, -0.15) is 15.5 Å². The Morgan fingerprint density at radius 3 is 2.33 bits per heavy atom. The van der Waals surface area contributed by atoms with Crippen LogP contribution in [0.4, 0.5) is 17.1 Å². The molecule has 0 heterocycles. The van der Waals surface area contributed by atoms with E-state index in [2.05, 4.69) is 21.6 Å². The molecule has 1 N–H and O–H groups in total. The van der Waals surface area contributed by atoms with E-state index in [1.165, 1.54) is 0 Å². The van der Waals surface area contributed by atoms with Crippen molar-refractivity contribution in [2.45, 2.75) is 6.42 Å². The lowest BCUT2D eigenvalue weighted by Crippen LogP contribution is -2.39. The maximum absolute atomic E-state index is 12.2. The van der Waals surface area contributed by atoms with Gasteiger partial charge in [-0.25, -0.2) is 0 Å². The Morgan fingerprint density at radius 1 is 1.11 bits per heavy atom. The number of carbonyl (C=O) groups excluding carboxylic acids is 1. The largest absolute Gasteiger partial charge is 0.383 e. The zero-order chi connectivity index (χ0) is 19.9. The van der Waals surface area contributed by atoms with Crippen LogP contribution >= 0.6 is 11.6 Å². The number of hydrogen-bond donors (Lipinski definition) is 1. The van der Waals surface area contributed by atoms with Gasteiger partial charge >= 0.3 is 0 Å². The smallest absolute Gasteiger partial charge is 0.216 e. The molecule has 0 atom stereocenters. The molecule has 0 aromatic heterocycles. The third-order valence-corrected chi connectivity index (χ3v) is 3.91. The topological polar surface area (TPSA) is 77.6 Å². The van der Waals surface area contributed by atoms with E-state index in [1.807, 2.05) is 21.1 Å². The van der Waals surface area contributed by atoms with Gasteiger partial charge in [-0.3, -0.25) is 4.79 Å². The van der Waals surface area contributed by atoms with Crippen LogP contribution in [0.5, 0.6) is 0 Å². The van der Waals surface area contributed by atoms with Crippen LogP contribution in [0.3, 0.4) is 0 Å². The molecule has 0 aliphatic carbocycles. The van der Waals surface area contributed by atoms with Crippen LogP contribution in [0, 0.1) is 11.3 Å². The summed E-state index contributed by atoms with van der Waals surface area (Å²) in [5.41, 5.74) is 2.70. The highest BCUT2D eigenvalue weighted by atomic mass is 35.5. The quantitative estimate of drug-likeness (QED) is 0.302. The Hall–Kier alpha value is -2.75. The number of nitriles is 1. The van der Waals surface area contributed by atoms with Gasteiger partial charge in [-0.1, -0.05) is 11.6 Å². The Morgan fingerprint density at radius 2 is 1.74 bits per heavy atom. The summed E-state index contributed by atoms with van der Waals surface area (Å²) in [6.45, 7) is 0.977. The molecule has 140 valence electrons. The standard InChI is InChI=1S/C20H22ClN5O/c1-26(2,3)14-20(27)15-5-7-16(8-6-15)24-25-17-9-10-19(18(21)13-17)23-12-4-11-22/h5-10,13H,4,12,14H2,1-3H3/p+1. The van der Waals surface area contributed by atoms with Crippen LogP contribution in [0.15, 0.2) is 52.7 Å². The van der Waals surface area contributed by atoms with Gasteiger partial charge in [0.15, 0.2) is 0 Å². The second kappa shape index (κ2) is 9.26. The van der Waals surface area contributed by atoms with Crippen molar-refractivity contribution in [2.24, 2.45) is 10.2 Å². The van der Waals surface area contributed by atoms with E-state index in [0.29, 0.717) is 46.0 Å². The number of benzene rings is 2. The lowest BCUT2D eigenvalue weighted by molar-refractivity contribution is -0.861. The fourth-order valence-corrected chi connectivity index (χ4v) is 2.56. The third-order valence-electron chi connectivity index (χ3n) is 3.59. The maximum Gasteiger partial charge on any atom is 0.216 e. The first-order valence-electron chi connectivity index (χ1n) is 8.54. The number of nitrogens with one attached hydrogen (secondary N) is 1. The van der Waals surface area contributed by atoms with Gasteiger partial charge in [0.1, 0.15) is 6.54 Å². The number of Topliss-reactive ketones (excluding diaryl/α,β-unsaturated/α-hetero) is 1. The normalized spacial score (nSPS) is 11.4. The fourth-order valence-electron chi connectivity index (χ4n) is 2.31. The van der Waals surface area contributed by atoms with E-state index in [0.717, 1.165) is 5.69 Å². The zero-order valence-electron chi connectivity index (χ0n) is 15.7. The number of azo groups is 1. The molecule has 2 aromatic rings. The number of nitrogens with zero attached hydrogens (tertiary/aromatic N) is 4. The molecule has 7 heteroatoms. The Labute approximate surface area is 164 Å². The van der Waals surface area contributed by atoms with E-state index >= 15 is 0 Å². The number of carbonyl (C=O) groups is 1. The van der Waals surface area contributed by atoms with Crippen LogP contribution in [-0.2, 0) is 0 Å². The summed E-state index contributed by atoms with van der Waals surface area (Å²) >= 11 is 6.21. The van der Waals surface area contributed by atoms with Crippen molar-refractivity contribution in [3.63, 3.8) is 0 Å². The second-order valence-corrected chi connectivity index (χ2v) is 7.52. The number of hydrogen-bond acceptors (Lipinski definition) is 5. The van der Waals surface area contributed by atoms with Crippen LogP contribution in [-0.4, -0.2) is 44.5 Å². The van der Waals surface area contributed by atoms with Crippen LogP contribution < -0.4 is 5.32 Å². The van der Waals surface area contributed by atoms with Gasteiger partial charge < -0.3 is 9.80 Å². The molecule has 0 saturated heterocycles. The van der Waals surface area contributed by atoms with E-state index in [1.54, 1.807) is 42.5 Å². The number of quaternary nitrogens is 1. The maximum atomic E-state index is 12.2. The number of rotatable bonds is 8. The average molecular weight is 385 g/mol. The highest BCUT2D eigenvalue weighted by Crippen LogP contribution is 2.28. The Bertz CT molecular complexity index is 863. The summed E-state index contributed by atoms with van der Waals surface area (Å²) in [6.07, 6.45) is 0.408. The highest BCUT2D eigenvalue weighted by Gasteiger charge is 2.15. The van der Waals surface area contributed by atoms with E-state index < -0.39 is 0 Å². The van der Waals surface area contributed by atoms with Crippen molar-refractivity contribution in [1.82, 2.24) is 0 Å². The second-order valence-electron chi connectivity index (χ2n) is 7.12. The average Bonchev–Trinajstić information content (AvgIpc) is 2.61. The first kappa shape index (κ1) is 20.6. The Balaban J connectivity index is 2.02. The van der Waals surface area contributed by atoms with Gasteiger partial charge in [0.25, 0.3) is 0 Å². The summed E-state index contributed by atoms with van der Waals surface area (Å²) in [4.78, 5) is 12.2. The first-order valence-corrected chi connectivity index (χ1v) is 8.92. The number of ketones is 1. The number of halogens is 1. The molecule has 0 spiro atoms. The lowest BCUT2D eigenvalue weighted by Gasteiger charge is -2.22. The monoisotopic (exact) mass is 384 g/mol. The van der Waals surface area contributed by atoms with Crippen molar-refractivity contribution in [3.05, 3.63) is 53.1 Å². The molecule has 0 amide bonds. The minimum Gasteiger partial charge on any atom is -0.383 e. The highest BCUT2D eigenvalue weighted by molar-refractivity contribution is 6.33. The molecule has 0 aliphatic rings. The molecule has 0 aliphatic heterocycles. The van der Waals surface area contributed by atoms with Crippen LogP contribution in [0.2, 0.25) is 5.02 Å². The molecule has 2 aromatic carbocycles. The number of likely N-dealkylation sites (N-methyl/N-ethyl adjacent to an activating group) is 1. The number of anilines is 1. The van der Waals surface area contributed by atoms with Crippen molar-refractivity contribution in [3.8, 4) is 6.07 Å². The van der Waals surface area contributed by atoms with E-state index in [9.17, 15) is 4.79 Å². The predicted molar refractivity (Wildman–Crippen MR) is 108 cm³/mol. The first-order chi connectivity index (χ1) is 12.8. The SMILES string of the molecule is C[N+](C)(C)CC(=O)c1ccc(N=Nc2ccc(NCCC#N)c(Cl)c2)cc1. The summed E-state index contributed by atoms with van der Waals surface area (Å²) in [5.74, 6) is 0.0947. The minimum atomic E-state index is 0.0947. The van der Waals surface area contributed by atoms with Crippen molar-refractivity contribution < 1.29 is 9.28 Å². The zero-order valence-corrected chi connectivity index (χ0v) is 16.5. The molecule has 6 nitrogen and oxygen atoms in total. The van der Waals surface area contributed by atoms with E-state index in [-0.39, 0.29) is 5.78 Å². The lowest BCUT2D eigenvalue weighted by atomic mass is 10.1. The summed E-state index contributed by atoms with van der Waals surface area (Å²) < 4.78 is 0.586. The summed E-state index contributed by atoms with van der Waals surface area (Å²) in [6, 6.07) is 14.4. The van der Waals surface area contributed by atoms with Crippen molar-refractivity contribution in [2.75, 3.05) is 39.5 Å². The molecule has 2 rings (SSSR count). The van der Waals surface area contributed by atoms with Crippen LogP contribution in [0.1, 0.15) is 16.8 Å². The molecule has 0 fully saturated rings. The minimum absolute atomic E-state index is 0.0947. The fraction of sp³-hybridized carbons (Fsp3) is 0.300. The van der Waals surface area contributed by atoms with E-state index in [4.69, 9.17) is 16.9 Å². The molecular formula is C20H23ClN5O+. The predicted octanol–water partition coefficient (Wildman–Crippen LogP) is 4.97. The van der Waals surface area contributed by atoms with Gasteiger partial charge in [0.05, 0.1) is 55.7 Å². The van der Waals surface area contributed by atoms with Crippen molar-refractivity contribution >= 4 is 34.4 Å². The molecule has 27 heavy (non-hydrogen) atoms. The van der Waals surface area contributed by atoms with Gasteiger partial charge in [0, 0.05) is 12.1 Å². The molecule has 0 radical (unpaired) electrons. The molecule has 0 bridgehead atoms. The van der Waals surface area contributed by atoms with Gasteiger partial charge in [-0.05, 0) is 42.5 Å². The van der Waals surface area contributed by atoms with Gasteiger partial charge in [-0.15, -0.1) is 0 Å². The summed E-state index contributed by atoms with van der Waals surface area (Å²) in [5, 5.41) is 20.5. The molecule has 0 saturated carbocycles. The Kier molecular flexibility index (Phi) is 7.05. The molecular weight excluding hydrogens is 362 g/mol. The third kappa shape index (κ3) is 6.81.